The minimum Gasteiger partial charge on any atom is -0.451 e. The maximum Gasteiger partial charge on any atom is 0.261 e. The van der Waals surface area contributed by atoms with Crippen LogP contribution in [-0.2, 0) is 0 Å². The summed E-state index contributed by atoms with van der Waals surface area (Å²) < 4.78 is 5.14. The van der Waals surface area contributed by atoms with Crippen LogP contribution in [0.4, 0.5) is 0 Å². The van der Waals surface area contributed by atoms with Gasteiger partial charge in [-0.3, -0.25) is 0 Å². The molecule has 1 aliphatic heterocycles. The predicted molar refractivity (Wildman–Crippen MR) is 45.8 cm³/mol. The van der Waals surface area contributed by atoms with Crippen LogP contribution in [0.25, 0.3) is 0 Å². The second kappa shape index (κ2) is 2.99. The van der Waals surface area contributed by atoms with E-state index < -0.39 is 12.6 Å². The first-order chi connectivity index (χ1) is 6.20. The molecule has 0 aromatic heterocycles. The van der Waals surface area contributed by atoms with E-state index in [0.717, 1.165) is 0 Å². The summed E-state index contributed by atoms with van der Waals surface area (Å²) in [6, 6.07) is 7.09. The maximum absolute atomic E-state index is 9.69. The summed E-state index contributed by atoms with van der Waals surface area (Å²) in [5.41, 5.74) is 0.676. The third kappa shape index (κ3) is 1.29. The van der Waals surface area contributed by atoms with Gasteiger partial charge in [0.05, 0.1) is 0 Å². The smallest absolute Gasteiger partial charge is 0.261 e. The Morgan fingerprint density at radius 1 is 1.31 bits per heavy atom. The molecule has 0 amide bonds. The van der Waals surface area contributed by atoms with Crippen molar-refractivity contribution in [2.45, 2.75) is 12.6 Å². The molecule has 0 saturated carbocycles. The second-order valence-corrected chi connectivity index (χ2v) is 3.02. The van der Waals surface area contributed by atoms with E-state index in [1.54, 1.807) is 25.2 Å². The van der Waals surface area contributed by atoms with Gasteiger partial charge in [-0.15, -0.1) is 0 Å². The van der Waals surface area contributed by atoms with Crippen molar-refractivity contribution >= 4 is 0 Å². The minimum absolute atomic E-state index is 0.528. The second-order valence-electron chi connectivity index (χ2n) is 3.02. The van der Waals surface area contributed by atoms with E-state index >= 15 is 0 Å². The number of hydrogen-bond acceptors (Lipinski definition) is 4. The number of hydrogen-bond donors (Lipinski definition) is 2. The van der Waals surface area contributed by atoms with E-state index in [9.17, 15) is 10.2 Å². The molecule has 1 aromatic rings. The van der Waals surface area contributed by atoms with E-state index in [2.05, 4.69) is 0 Å². The molecular weight excluding hydrogens is 170 g/mol. The lowest BCUT2D eigenvalue weighted by Gasteiger charge is -2.34. The maximum atomic E-state index is 9.69. The number of nitrogens with zero attached hydrogens (tertiary/aromatic N) is 1. The van der Waals surface area contributed by atoms with Gasteiger partial charge in [-0.05, 0) is 13.1 Å². The van der Waals surface area contributed by atoms with E-state index in [-0.39, 0.29) is 0 Å². The summed E-state index contributed by atoms with van der Waals surface area (Å²) in [6.07, 6.45) is -1.88. The van der Waals surface area contributed by atoms with Crippen LogP contribution in [0, 0.1) is 0 Å². The van der Waals surface area contributed by atoms with Crippen LogP contribution in [0.2, 0.25) is 0 Å². The quantitative estimate of drug-likeness (QED) is 0.603. The highest BCUT2D eigenvalue weighted by molar-refractivity contribution is 5.36. The Labute approximate surface area is 76.0 Å². The summed E-state index contributed by atoms with van der Waals surface area (Å²) in [6.45, 7) is 0. The Hall–Kier alpha value is -1.10. The summed E-state index contributed by atoms with van der Waals surface area (Å²) >= 11 is 0. The van der Waals surface area contributed by atoms with Crippen LogP contribution in [0.5, 0.6) is 5.75 Å². The highest BCUT2D eigenvalue weighted by Gasteiger charge is 2.29. The third-order valence-electron chi connectivity index (χ3n) is 2.16. The molecule has 0 aliphatic carbocycles. The topological polar surface area (TPSA) is 52.9 Å². The molecule has 1 aliphatic rings. The Morgan fingerprint density at radius 2 is 2.00 bits per heavy atom. The van der Waals surface area contributed by atoms with Gasteiger partial charge < -0.3 is 14.9 Å². The summed E-state index contributed by atoms with van der Waals surface area (Å²) in [7, 11) is 1.59. The normalized spacial score (nSPS) is 27.9. The van der Waals surface area contributed by atoms with Crippen molar-refractivity contribution in [3.8, 4) is 5.75 Å². The zero-order valence-electron chi connectivity index (χ0n) is 7.21. The first kappa shape index (κ1) is 8.50. The number of rotatable bonds is 0. The number of ether oxygens (including phenoxy) is 1. The molecular formula is C9H11NO3. The van der Waals surface area contributed by atoms with Crippen molar-refractivity contribution in [1.29, 1.82) is 0 Å². The third-order valence-corrected chi connectivity index (χ3v) is 2.16. The fourth-order valence-corrected chi connectivity index (χ4v) is 1.34. The lowest BCUT2D eigenvalue weighted by molar-refractivity contribution is -0.197. The molecule has 2 N–H and O–H groups in total. The molecule has 4 nitrogen and oxygen atoms in total. The molecule has 0 saturated heterocycles. The molecule has 1 aromatic carbocycles. The zero-order chi connectivity index (χ0) is 9.42. The highest BCUT2D eigenvalue weighted by Crippen LogP contribution is 2.32. The van der Waals surface area contributed by atoms with Crippen LogP contribution in [-0.4, -0.2) is 28.6 Å². The van der Waals surface area contributed by atoms with E-state index in [1.165, 1.54) is 4.90 Å². The largest absolute Gasteiger partial charge is 0.451 e. The van der Waals surface area contributed by atoms with Gasteiger partial charge in [-0.25, -0.2) is 4.90 Å². The summed E-state index contributed by atoms with van der Waals surface area (Å²) in [5, 5.41) is 19.0. The number of aliphatic hydroxyl groups excluding tert-OH is 2. The van der Waals surface area contributed by atoms with Crippen LogP contribution in [0.3, 0.4) is 0 Å². The zero-order valence-corrected chi connectivity index (χ0v) is 7.21. The van der Waals surface area contributed by atoms with Crippen molar-refractivity contribution in [3.05, 3.63) is 29.8 Å². The molecule has 13 heavy (non-hydrogen) atoms. The fourth-order valence-electron chi connectivity index (χ4n) is 1.34. The lowest BCUT2D eigenvalue weighted by atomic mass is 10.1. The van der Waals surface area contributed by atoms with Crippen LogP contribution < -0.4 is 4.74 Å². The molecule has 1 heterocycles. The molecule has 2 atom stereocenters. The van der Waals surface area contributed by atoms with Gasteiger partial charge >= 0.3 is 0 Å². The molecule has 4 heteroatoms. The average molecular weight is 181 g/mol. The Bertz CT molecular complexity index is 315. The molecule has 2 rings (SSSR count). The van der Waals surface area contributed by atoms with E-state index in [1.807, 2.05) is 6.07 Å². The predicted octanol–water partition coefficient (Wildman–Crippen LogP) is 0.278. The summed E-state index contributed by atoms with van der Waals surface area (Å²) in [4.78, 5) is 1.34. The molecule has 0 spiro atoms. The van der Waals surface area contributed by atoms with Crippen LogP contribution in [0.15, 0.2) is 24.3 Å². The van der Waals surface area contributed by atoms with Gasteiger partial charge in [0.1, 0.15) is 12.0 Å². The lowest BCUT2D eigenvalue weighted by Crippen LogP contribution is -2.42. The number of para-hydroxylation sites is 1. The van der Waals surface area contributed by atoms with Crippen molar-refractivity contribution in [1.82, 2.24) is 4.90 Å². The number of fused-ring (bicyclic) bond motifs is 1. The molecule has 70 valence electrons. The minimum atomic E-state index is -1.08. The first-order valence-electron chi connectivity index (χ1n) is 4.04. The number of aliphatic hydroxyl groups is 2. The Kier molecular flexibility index (Phi) is 1.95. The van der Waals surface area contributed by atoms with Gasteiger partial charge in [0.25, 0.3) is 6.41 Å². The van der Waals surface area contributed by atoms with E-state index in [4.69, 9.17) is 4.74 Å². The van der Waals surface area contributed by atoms with Gasteiger partial charge in [0.15, 0.2) is 0 Å². The highest BCUT2D eigenvalue weighted by atomic mass is 16.6. The van der Waals surface area contributed by atoms with Gasteiger partial charge in [-0.1, -0.05) is 18.2 Å². The van der Waals surface area contributed by atoms with Gasteiger partial charge in [-0.2, -0.15) is 0 Å². The van der Waals surface area contributed by atoms with Gasteiger partial charge in [0, 0.05) is 5.56 Å². The van der Waals surface area contributed by atoms with Crippen molar-refractivity contribution in [2.75, 3.05) is 7.05 Å². The Morgan fingerprint density at radius 3 is 2.77 bits per heavy atom. The molecule has 0 unspecified atom stereocenters. The number of benzene rings is 1. The summed E-state index contributed by atoms with van der Waals surface area (Å²) in [5.74, 6) is 0.528. The fraction of sp³-hybridized carbons (Fsp3) is 0.333. The molecule has 0 radical (unpaired) electrons. The molecule has 0 fully saturated rings. The van der Waals surface area contributed by atoms with Gasteiger partial charge in [0.2, 0.25) is 0 Å². The first-order valence-corrected chi connectivity index (χ1v) is 4.04. The SMILES string of the molecule is CN1[C@@H](O)Oc2ccccc2[C@@H]1O. The van der Waals surface area contributed by atoms with E-state index in [0.29, 0.717) is 11.3 Å². The van der Waals surface area contributed by atoms with Crippen molar-refractivity contribution in [2.24, 2.45) is 0 Å². The Balaban J connectivity index is 2.43. The van der Waals surface area contributed by atoms with Crippen molar-refractivity contribution in [3.63, 3.8) is 0 Å². The van der Waals surface area contributed by atoms with Crippen molar-refractivity contribution < 1.29 is 14.9 Å². The monoisotopic (exact) mass is 181 g/mol. The van der Waals surface area contributed by atoms with Crippen LogP contribution >= 0.6 is 0 Å². The standard InChI is InChI=1S/C9H11NO3/c1-10-8(11)6-4-2-3-5-7(6)13-9(10)12/h2-5,8-9,11-12H,1H3/t8-,9-/m0/s1. The average Bonchev–Trinajstić information content (AvgIpc) is 2.15. The van der Waals surface area contributed by atoms with Crippen LogP contribution in [0.1, 0.15) is 11.8 Å². The molecule has 0 bridgehead atoms.